The number of aliphatic hydroxyl groups is 1. The predicted octanol–water partition coefficient (Wildman–Crippen LogP) is 1.57. The van der Waals surface area contributed by atoms with Gasteiger partial charge < -0.3 is 14.6 Å². The van der Waals surface area contributed by atoms with Gasteiger partial charge in [-0.1, -0.05) is 18.3 Å². The van der Waals surface area contributed by atoms with Crippen molar-refractivity contribution in [3.05, 3.63) is 28.8 Å². The topological polar surface area (TPSA) is 54.2 Å². The van der Waals surface area contributed by atoms with Crippen LogP contribution in [-0.4, -0.2) is 26.7 Å². The Hall–Kier alpha value is -1.40. The zero-order chi connectivity index (χ0) is 13.1. The molecule has 2 heterocycles. The van der Waals surface area contributed by atoms with Gasteiger partial charge in [-0.2, -0.15) is 0 Å². The van der Waals surface area contributed by atoms with Crippen LogP contribution in [0.25, 0.3) is 0 Å². The summed E-state index contributed by atoms with van der Waals surface area (Å²) in [6.45, 7) is 2.83. The summed E-state index contributed by atoms with van der Waals surface area (Å²) in [6.07, 6.45) is 4.58. The third kappa shape index (κ3) is 2.54. The van der Waals surface area contributed by atoms with Crippen LogP contribution in [0.15, 0.2) is 12.4 Å². The Balaban J connectivity index is 2.16. The number of rotatable bonds is 5. The molecule has 0 unspecified atom stereocenters. The van der Waals surface area contributed by atoms with E-state index in [1.165, 1.54) is 0 Å². The summed E-state index contributed by atoms with van der Waals surface area (Å²) in [5.41, 5.74) is 0.990. The number of nitrogens with zero attached hydrogens (tertiary/aromatic N) is 4. The largest absolute Gasteiger partial charge is 0.391 e. The summed E-state index contributed by atoms with van der Waals surface area (Å²) in [5, 5.41) is 10.2. The number of anilines is 1. The molecule has 0 bridgehead atoms. The van der Waals surface area contributed by atoms with Crippen molar-refractivity contribution in [2.75, 3.05) is 11.9 Å². The van der Waals surface area contributed by atoms with Crippen molar-refractivity contribution in [1.82, 2.24) is 14.5 Å². The van der Waals surface area contributed by atoms with Crippen molar-refractivity contribution < 1.29 is 5.11 Å². The van der Waals surface area contributed by atoms with Crippen molar-refractivity contribution in [1.29, 1.82) is 0 Å². The second-order valence-corrected chi connectivity index (χ2v) is 5.25. The van der Waals surface area contributed by atoms with Gasteiger partial charge in [0.05, 0.1) is 23.7 Å². The molecule has 2 aromatic heterocycles. The van der Waals surface area contributed by atoms with Gasteiger partial charge in [0.15, 0.2) is 5.13 Å². The second-order valence-electron chi connectivity index (χ2n) is 4.19. The molecule has 0 fully saturated rings. The first-order chi connectivity index (χ1) is 8.65. The predicted molar refractivity (Wildman–Crippen MR) is 72.7 cm³/mol. The molecular formula is C12H18N4OS. The molecule has 0 aliphatic rings. The Morgan fingerprint density at radius 1 is 1.50 bits per heavy atom. The molecular weight excluding hydrogens is 248 g/mol. The first-order valence-corrected chi connectivity index (χ1v) is 6.74. The normalized spacial score (nSPS) is 10.9. The van der Waals surface area contributed by atoms with Gasteiger partial charge in [0, 0.05) is 26.5 Å². The minimum absolute atomic E-state index is 0.0666. The lowest BCUT2D eigenvalue weighted by molar-refractivity contribution is 0.284. The second kappa shape index (κ2) is 5.49. The Morgan fingerprint density at radius 3 is 2.78 bits per heavy atom. The van der Waals surface area contributed by atoms with Gasteiger partial charge in [-0.05, 0) is 6.42 Å². The van der Waals surface area contributed by atoms with Gasteiger partial charge in [0.2, 0.25) is 0 Å². The van der Waals surface area contributed by atoms with E-state index in [9.17, 15) is 5.11 Å². The maximum Gasteiger partial charge on any atom is 0.186 e. The molecule has 2 rings (SSSR count). The first-order valence-electron chi connectivity index (χ1n) is 5.92. The third-order valence-electron chi connectivity index (χ3n) is 2.87. The van der Waals surface area contributed by atoms with Crippen LogP contribution in [-0.2, 0) is 26.6 Å². The monoisotopic (exact) mass is 266 g/mol. The Kier molecular flexibility index (Phi) is 3.98. The molecule has 0 spiro atoms. The van der Waals surface area contributed by atoms with Gasteiger partial charge in [-0.3, -0.25) is 0 Å². The minimum Gasteiger partial charge on any atom is -0.391 e. The number of aromatic nitrogens is 3. The number of aryl methyl sites for hydroxylation is 2. The summed E-state index contributed by atoms with van der Waals surface area (Å²) in [7, 11) is 3.97. The Morgan fingerprint density at radius 2 is 2.28 bits per heavy atom. The Labute approximate surface area is 111 Å². The molecule has 0 atom stereocenters. The maximum absolute atomic E-state index is 9.28. The fraction of sp³-hybridized carbons (Fsp3) is 0.500. The van der Waals surface area contributed by atoms with Crippen LogP contribution in [0.2, 0.25) is 0 Å². The zero-order valence-electron chi connectivity index (χ0n) is 10.9. The molecule has 0 amide bonds. The standard InChI is InChI=1S/C12H18N4OS/c1-4-9-10(8-17)18-12(14-9)16(3)7-11-13-5-6-15(11)2/h5-6,17H,4,7-8H2,1-3H3. The van der Waals surface area contributed by atoms with Gasteiger partial charge in [0.1, 0.15) is 5.82 Å². The lowest BCUT2D eigenvalue weighted by atomic mass is 10.3. The highest BCUT2D eigenvalue weighted by molar-refractivity contribution is 7.15. The molecule has 0 saturated carbocycles. The van der Waals surface area contributed by atoms with Crippen molar-refractivity contribution in [2.45, 2.75) is 26.5 Å². The molecule has 18 heavy (non-hydrogen) atoms. The van der Waals surface area contributed by atoms with Gasteiger partial charge in [-0.15, -0.1) is 0 Å². The van der Waals surface area contributed by atoms with Crippen molar-refractivity contribution >= 4 is 16.5 Å². The summed E-state index contributed by atoms with van der Waals surface area (Å²) >= 11 is 1.55. The van der Waals surface area contributed by atoms with E-state index in [1.54, 1.807) is 17.5 Å². The molecule has 0 radical (unpaired) electrons. The van der Waals surface area contributed by atoms with E-state index in [4.69, 9.17) is 0 Å². The zero-order valence-corrected chi connectivity index (χ0v) is 11.7. The Bertz CT molecular complexity index is 498. The molecule has 0 aromatic carbocycles. The smallest absolute Gasteiger partial charge is 0.186 e. The lowest BCUT2D eigenvalue weighted by Crippen LogP contribution is -2.18. The van der Waals surface area contributed by atoms with Crippen LogP contribution < -0.4 is 4.90 Å². The van der Waals surface area contributed by atoms with Crippen molar-refractivity contribution in [3.63, 3.8) is 0 Å². The fourth-order valence-electron chi connectivity index (χ4n) is 1.76. The highest BCUT2D eigenvalue weighted by Gasteiger charge is 2.13. The van der Waals surface area contributed by atoms with Crippen LogP contribution in [0.1, 0.15) is 23.3 Å². The van der Waals surface area contributed by atoms with Gasteiger partial charge >= 0.3 is 0 Å². The van der Waals surface area contributed by atoms with E-state index >= 15 is 0 Å². The molecule has 1 N–H and O–H groups in total. The highest BCUT2D eigenvalue weighted by atomic mass is 32.1. The van der Waals surface area contributed by atoms with Gasteiger partial charge in [0.25, 0.3) is 0 Å². The van der Waals surface area contributed by atoms with E-state index in [2.05, 4.69) is 21.8 Å². The highest BCUT2D eigenvalue weighted by Crippen LogP contribution is 2.26. The van der Waals surface area contributed by atoms with E-state index in [0.29, 0.717) is 6.54 Å². The molecule has 2 aromatic rings. The van der Waals surface area contributed by atoms with Gasteiger partial charge in [-0.25, -0.2) is 9.97 Å². The summed E-state index contributed by atoms with van der Waals surface area (Å²) < 4.78 is 2.00. The average Bonchev–Trinajstić information content (AvgIpc) is 2.96. The number of aliphatic hydroxyl groups excluding tert-OH is 1. The van der Waals surface area contributed by atoms with E-state index < -0.39 is 0 Å². The molecule has 6 heteroatoms. The average molecular weight is 266 g/mol. The summed E-state index contributed by atoms with van der Waals surface area (Å²) in [4.78, 5) is 11.9. The molecule has 0 aliphatic carbocycles. The SMILES string of the molecule is CCc1nc(N(C)Cc2nccn2C)sc1CO. The lowest BCUT2D eigenvalue weighted by Gasteiger charge is -2.15. The van der Waals surface area contributed by atoms with Crippen LogP contribution >= 0.6 is 11.3 Å². The number of hydrogen-bond acceptors (Lipinski definition) is 5. The van der Waals surface area contributed by atoms with Crippen molar-refractivity contribution in [3.8, 4) is 0 Å². The number of thiazole rings is 1. The van der Waals surface area contributed by atoms with E-state index in [1.807, 2.05) is 24.9 Å². The molecule has 0 saturated heterocycles. The van der Waals surface area contributed by atoms with Crippen LogP contribution in [0.4, 0.5) is 5.13 Å². The molecule has 0 aliphatic heterocycles. The van der Waals surface area contributed by atoms with E-state index in [-0.39, 0.29) is 6.61 Å². The van der Waals surface area contributed by atoms with Crippen molar-refractivity contribution in [2.24, 2.45) is 7.05 Å². The van der Waals surface area contributed by atoms with Crippen LogP contribution in [0.3, 0.4) is 0 Å². The summed E-state index contributed by atoms with van der Waals surface area (Å²) in [6, 6.07) is 0. The summed E-state index contributed by atoms with van der Waals surface area (Å²) in [5.74, 6) is 0.997. The minimum atomic E-state index is 0.0666. The van der Waals surface area contributed by atoms with E-state index in [0.717, 1.165) is 27.9 Å². The van der Waals surface area contributed by atoms with Crippen LogP contribution in [0.5, 0.6) is 0 Å². The molecule has 98 valence electrons. The fourth-order valence-corrected chi connectivity index (χ4v) is 2.73. The third-order valence-corrected chi connectivity index (χ3v) is 4.07. The number of imidazole rings is 1. The quantitative estimate of drug-likeness (QED) is 0.892. The van der Waals surface area contributed by atoms with Crippen LogP contribution in [0, 0.1) is 0 Å². The maximum atomic E-state index is 9.28. The first kappa shape index (κ1) is 13.0. The number of hydrogen-bond donors (Lipinski definition) is 1. The molecule has 5 nitrogen and oxygen atoms in total.